The molecule has 2 aliphatic rings. The van der Waals surface area contributed by atoms with Crippen molar-refractivity contribution in [2.75, 3.05) is 6.61 Å². The van der Waals surface area contributed by atoms with Crippen molar-refractivity contribution in [2.45, 2.75) is 89.1 Å². The van der Waals surface area contributed by atoms with Crippen LogP contribution in [0.1, 0.15) is 96.5 Å². The molecular formula is C50H59Cl2NOSiZr. The van der Waals surface area contributed by atoms with Gasteiger partial charge in [0.25, 0.3) is 0 Å². The van der Waals surface area contributed by atoms with E-state index in [-0.39, 0.29) is 20.5 Å². The number of aromatic nitrogens is 1. The molecule has 1 heterocycles. The molecule has 0 aliphatic heterocycles. The predicted molar refractivity (Wildman–Crippen MR) is 243 cm³/mol. The quantitative estimate of drug-likeness (QED) is 0.0718. The summed E-state index contributed by atoms with van der Waals surface area (Å²) in [6, 6.07) is 45.7. The van der Waals surface area contributed by atoms with E-state index in [1.54, 1.807) is 22.3 Å². The van der Waals surface area contributed by atoms with Crippen LogP contribution in [-0.2, 0) is 39.1 Å². The van der Waals surface area contributed by atoms with Gasteiger partial charge in [-0.15, -0.1) is 0 Å². The van der Waals surface area contributed by atoms with E-state index in [4.69, 9.17) is 21.8 Å². The van der Waals surface area contributed by atoms with Gasteiger partial charge in [0.2, 0.25) is 0 Å². The molecule has 56 heavy (non-hydrogen) atoms. The Bertz CT molecular complexity index is 2240. The van der Waals surface area contributed by atoms with Crippen molar-refractivity contribution in [1.82, 2.24) is 4.57 Å². The van der Waals surface area contributed by atoms with Gasteiger partial charge in [-0.3, -0.25) is 0 Å². The molecule has 8 rings (SSSR count). The van der Waals surface area contributed by atoms with Gasteiger partial charge in [0.15, 0.2) is 0 Å². The second-order valence-electron chi connectivity index (χ2n) is 16.7. The molecule has 2 nitrogen and oxygen atoms in total. The summed E-state index contributed by atoms with van der Waals surface area (Å²) in [5.74, 6) is 0. The van der Waals surface area contributed by atoms with Crippen LogP contribution in [0.3, 0.4) is 0 Å². The van der Waals surface area contributed by atoms with E-state index in [2.05, 4.69) is 161 Å². The van der Waals surface area contributed by atoms with Crippen LogP contribution in [0.25, 0.3) is 33.3 Å². The SMILES string of the molecule is Cc1ccc2c(c1)c1c(n2C)-c2ccccc2C1[Si](C)(CCCCCCOC(C)(C)C)C1c2ccccc2-c2ccc(Cc3ccccc3)cc21.[CH3-].[CH3-].[Cl][Zr+2][Cl]. The molecule has 2 aliphatic carbocycles. The van der Waals surface area contributed by atoms with E-state index in [0.717, 1.165) is 19.4 Å². The first-order valence-electron chi connectivity index (χ1n) is 19.6. The second-order valence-corrected chi connectivity index (χ2v) is 25.1. The zero-order chi connectivity index (χ0) is 38.0. The van der Waals surface area contributed by atoms with Crippen molar-refractivity contribution in [1.29, 1.82) is 0 Å². The van der Waals surface area contributed by atoms with Gasteiger partial charge >= 0.3 is 37.9 Å². The van der Waals surface area contributed by atoms with Crippen molar-refractivity contribution in [2.24, 2.45) is 7.05 Å². The molecule has 0 radical (unpaired) electrons. The Morgan fingerprint density at radius 2 is 1.29 bits per heavy atom. The summed E-state index contributed by atoms with van der Waals surface area (Å²) < 4.78 is 8.61. The fraction of sp³-hybridized carbons (Fsp3) is 0.320. The maximum absolute atomic E-state index is 6.11. The number of halogens is 2. The number of nitrogens with zero attached hydrogens (tertiary/aromatic N) is 1. The van der Waals surface area contributed by atoms with Crippen LogP contribution in [0, 0.1) is 21.8 Å². The number of hydrogen-bond acceptors (Lipinski definition) is 1. The van der Waals surface area contributed by atoms with Crippen LogP contribution >= 0.6 is 17.0 Å². The monoisotopic (exact) mass is 877 g/mol. The molecule has 0 amide bonds. The molecule has 3 atom stereocenters. The zero-order valence-electron chi connectivity index (χ0n) is 34.7. The van der Waals surface area contributed by atoms with Gasteiger partial charge in [0.1, 0.15) is 0 Å². The summed E-state index contributed by atoms with van der Waals surface area (Å²) in [5.41, 5.74) is 18.3. The van der Waals surface area contributed by atoms with E-state index in [1.165, 1.54) is 75.3 Å². The van der Waals surface area contributed by atoms with Crippen molar-refractivity contribution in [3.63, 3.8) is 0 Å². The number of hydrogen-bond donors (Lipinski definition) is 0. The standard InChI is InChI=1S/C48H53NOSi.2CH3.2ClH.Zr/c1-33-24-27-43-42(30-33)44-45(49(43)5)38-21-13-15-23-40(38)47(44)51(6,29-17-8-7-16-28-50-48(2,3)4)46-39-22-14-12-20-36(39)37-26-25-35(32-41(37)46)31-34-18-10-9-11-19-34;;;;;/h9-15,18-27,30,32,46-47H,7-8,16-17,28-29,31H2,1-6H3;2*1H3;2*1H;/q;2*-1;;;+4/p-2. The van der Waals surface area contributed by atoms with Gasteiger partial charge in [-0.1, -0.05) is 141 Å². The van der Waals surface area contributed by atoms with Crippen LogP contribution in [0.4, 0.5) is 0 Å². The second kappa shape index (κ2) is 18.9. The first kappa shape index (κ1) is 44.4. The third-order valence-electron chi connectivity index (χ3n) is 11.9. The number of unbranched alkanes of at least 4 members (excludes halogenated alkanes) is 3. The van der Waals surface area contributed by atoms with Gasteiger partial charge in [0, 0.05) is 41.2 Å². The van der Waals surface area contributed by atoms with Crippen LogP contribution < -0.4 is 0 Å². The van der Waals surface area contributed by atoms with Crippen LogP contribution in [-0.4, -0.2) is 24.8 Å². The molecule has 6 heteroatoms. The minimum absolute atomic E-state index is 0. The molecule has 0 spiro atoms. The Balaban J connectivity index is 0.00000116. The molecule has 0 saturated heterocycles. The number of ether oxygens (including phenoxy) is 1. The van der Waals surface area contributed by atoms with Crippen molar-refractivity contribution < 1.29 is 25.6 Å². The molecule has 3 unspecified atom stereocenters. The van der Waals surface area contributed by atoms with Crippen molar-refractivity contribution >= 4 is 36.0 Å². The Morgan fingerprint density at radius 1 is 0.679 bits per heavy atom. The van der Waals surface area contributed by atoms with E-state index in [9.17, 15) is 0 Å². The van der Waals surface area contributed by atoms with Crippen LogP contribution in [0.5, 0.6) is 0 Å². The number of benzene rings is 5. The predicted octanol–water partition coefficient (Wildman–Crippen LogP) is 14.8. The molecule has 5 aromatic carbocycles. The molecule has 6 aromatic rings. The van der Waals surface area contributed by atoms with Gasteiger partial charge in [-0.25, -0.2) is 0 Å². The topological polar surface area (TPSA) is 14.2 Å². The van der Waals surface area contributed by atoms with Crippen LogP contribution in [0.15, 0.2) is 115 Å². The fourth-order valence-corrected chi connectivity index (χ4v) is 15.5. The summed E-state index contributed by atoms with van der Waals surface area (Å²) >= 11 is -0.826. The first-order chi connectivity index (χ1) is 26.1. The van der Waals surface area contributed by atoms with E-state index < -0.39 is 28.9 Å². The number of aryl methyl sites for hydroxylation is 2. The number of fused-ring (bicyclic) bond motifs is 8. The summed E-state index contributed by atoms with van der Waals surface area (Å²) in [6.45, 7) is 12.4. The van der Waals surface area contributed by atoms with E-state index in [1.807, 2.05) is 0 Å². The van der Waals surface area contributed by atoms with Gasteiger partial charge in [-0.2, -0.15) is 0 Å². The zero-order valence-corrected chi connectivity index (χ0v) is 39.7. The Kier molecular flexibility index (Phi) is 15.0. The van der Waals surface area contributed by atoms with Gasteiger partial charge in [-0.05, 0) is 97.2 Å². The third-order valence-corrected chi connectivity index (χ3v) is 17.2. The summed E-state index contributed by atoms with van der Waals surface area (Å²) in [7, 11) is 9.90. The summed E-state index contributed by atoms with van der Waals surface area (Å²) in [5, 5.41) is 1.45. The Morgan fingerprint density at radius 3 is 1.98 bits per heavy atom. The Labute approximate surface area is 357 Å². The molecule has 0 saturated carbocycles. The van der Waals surface area contributed by atoms with E-state index >= 15 is 0 Å². The molecule has 0 bridgehead atoms. The molecule has 292 valence electrons. The average molecular weight is 880 g/mol. The molecular weight excluding hydrogens is 821 g/mol. The summed E-state index contributed by atoms with van der Waals surface area (Å²) in [6.07, 6.45) is 5.83. The fourth-order valence-electron chi connectivity index (χ4n) is 9.71. The first-order valence-corrected chi connectivity index (χ1v) is 28.8. The van der Waals surface area contributed by atoms with Gasteiger partial charge in [0.05, 0.1) is 19.4 Å². The molecule has 1 aromatic heterocycles. The summed E-state index contributed by atoms with van der Waals surface area (Å²) in [4.78, 5) is 0. The third kappa shape index (κ3) is 8.81. The molecule has 0 fully saturated rings. The average Bonchev–Trinajstić information content (AvgIpc) is 3.77. The number of rotatable bonds is 11. The van der Waals surface area contributed by atoms with Gasteiger partial charge < -0.3 is 24.2 Å². The molecule has 0 N–H and O–H groups in total. The van der Waals surface area contributed by atoms with Crippen molar-refractivity contribution in [3.8, 4) is 22.4 Å². The minimum atomic E-state index is -2.27. The Hall–Kier alpha value is -2.72. The normalized spacial score (nSPS) is 15.9. The maximum atomic E-state index is 6.11. The van der Waals surface area contributed by atoms with E-state index in [0.29, 0.717) is 11.1 Å². The van der Waals surface area contributed by atoms with Crippen molar-refractivity contribution in [3.05, 3.63) is 169 Å². The van der Waals surface area contributed by atoms with Crippen LogP contribution in [0.2, 0.25) is 12.6 Å².